The Balaban J connectivity index is 3.09. The molecule has 0 heterocycles. The number of alkyl halides is 2. The fraction of sp³-hybridized carbons (Fsp3) is 0.250. The van der Waals surface area contributed by atoms with Crippen LogP contribution in [-0.4, -0.2) is 30.9 Å². The van der Waals surface area contributed by atoms with Crippen molar-refractivity contribution in [2.24, 2.45) is 0 Å². The van der Waals surface area contributed by atoms with Crippen LogP contribution in [0.1, 0.15) is 0 Å². The molecule has 2 N–H and O–H groups in total. The summed E-state index contributed by atoms with van der Waals surface area (Å²) in [6, 6.07) is 4.04. The first-order valence-electron chi connectivity index (χ1n) is 4.07. The highest BCUT2D eigenvalue weighted by atomic mass is 19.1. The molecule has 0 unspecified atom stereocenters. The number of hydrogen-bond acceptors (Lipinski definition) is 4. The third kappa shape index (κ3) is 2.80. The molecular weight excluding hydrogens is 209 g/mol. The smallest absolute Gasteiger partial charge is 0.459 e. The Bertz CT molecular complexity index is 322. The number of ether oxygens (including phenoxy) is 2. The largest absolute Gasteiger partial charge is 0.492 e. The van der Waals surface area contributed by atoms with Crippen molar-refractivity contribution in [2.75, 3.05) is 13.7 Å². The summed E-state index contributed by atoms with van der Waals surface area (Å²) >= 11 is 0. The van der Waals surface area contributed by atoms with Gasteiger partial charge in [0.1, 0.15) is 0 Å². The van der Waals surface area contributed by atoms with E-state index in [2.05, 4.69) is 9.47 Å². The second-order valence-corrected chi connectivity index (χ2v) is 2.56. The molecule has 0 aliphatic rings. The molecule has 1 aromatic rings. The Morgan fingerprint density at radius 2 is 1.80 bits per heavy atom. The summed E-state index contributed by atoms with van der Waals surface area (Å²) in [6.45, 7) is -2.29. The van der Waals surface area contributed by atoms with E-state index in [1.807, 2.05) is 0 Å². The van der Waals surface area contributed by atoms with Gasteiger partial charge in [0.2, 0.25) is 13.7 Å². The SMILES string of the molecule is OB(O)c1cccc(OCF)c1OCF. The molecule has 0 fully saturated rings. The summed E-state index contributed by atoms with van der Waals surface area (Å²) in [5.41, 5.74) is -0.0846. The number of para-hydroxylation sites is 1. The van der Waals surface area contributed by atoms with E-state index < -0.39 is 20.8 Å². The lowest BCUT2D eigenvalue weighted by Gasteiger charge is -2.12. The maximum Gasteiger partial charge on any atom is 0.492 e. The van der Waals surface area contributed by atoms with Crippen LogP contribution in [0.2, 0.25) is 0 Å². The van der Waals surface area contributed by atoms with E-state index in [9.17, 15) is 8.78 Å². The van der Waals surface area contributed by atoms with Gasteiger partial charge in [-0.1, -0.05) is 12.1 Å². The van der Waals surface area contributed by atoms with Gasteiger partial charge in [-0.2, -0.15) is 0 Å². The predicted octanol–water partition coefficient (Wildman–Crippen LogP) is -0.0220. The summed E-state index contributed by atoms with van der Waals surface area (Å²) < 4.78 is 32.9. The minimum absolute atomic E-state index is 0.0826. The van der Waals surface area contributed by atoms with Crippen molar-refractivity contribution in [2.45, 2.75) is 0 Å². The predicted molar refractivity (Wildman–Crippen MR) is 49.5 cm³/mol. The van der Waals surface area contributed by atoms with Crippen LogP contribution < -0.4 is 14.9 Å². The molecule has 0 spiro atoms. The molecule has 0 aliphatic carbocycles. The highest BCUT2D eigenvalue weighted by molar-refractivity contribution is 6.59. The van der Waals surface area contributed by atoms with Gasteiger partial charge in [0.05, 0.1) is 0 Å². The van der Waals surface area contributed by atoms with Crippen molar-refractivity contribution >= 4 is 12.6 Å². The average Bonchev–Trinajstić information content (AvgIpc) is 2.21. The Kier molecular flexibility index (Phi) is 4.32. The van der Waals surface area contributed by atoms with Gasteiger partial charge in [0.15, 0.2) is 11.5 Å². The van der Waals surface area contributed by atoms with E-state index in [0.29, 0.717) is 0 Å². The molecular formula is C8H9BF2O4. The number of halogens is 2. The Labute approximate surface area is 85.2 Å². The monoisotopic (exact) mass is 218 g/mol. The van der Waals surface area contributed by atoms with Crippen LogP contribution in [-0.2, 0) is 0 Å². The van der Waals surface area contributed by atoms with Crippen LogP contribution in [0.5, 0.6) is 11.5 Å². The van der Waals surface area contributed by atoms with Gasteiger partial charge in [-0.05, 0) is 6.07 Å². The van der Waals surface area contributed by atoms with Gasteiger partial charge in [-0.15, -0.1) is 0 Å². The van der Waals surface area contributed by atoms with Crippen molar-refractivity contribution in [3.63, 3.8) is 0 Å². The van der Waals surface area contributed by atoms with Crippen molar-refractivity contribution in [1.82, 2.24) is 0 Å². The second kappa shape index (κ2) is 5.52. The molecule has 1 aromatic carbocycles. The molecule has 0 saturated heterocycles. The molecule has 82 valence electrons. The molecule has 0 radical (unpaired) electrons. The van der Waals surface area contributed by atoms with Crippen molar-refractivity contribution in [3.05, 3.63) is 18.2 Å². The summed E-state index contributed by atoms with van der Waals surface area (Å²) in [5, 5.41) is 17.9. The van der Waals surface area contributed by atoms with Crippen molar-refractivity contribution in [3.8, 4) is 11.5 Å². The van der Waals surface area contributed by atoms with Crippen LogP contribution >= 0.6 is 0 Å². The third-order valence-corrected chi connectivity index (χ3v) is 1.70. The Hall–Kier alpha value is -1.34. The van der Waals surface area contributed by atoms with Gasteiger partial charge in [0.25, 0.3) is 0 Å². The van der Waals surface area contributed by atoms with Crippen molar-refractivity contribution < 1.29 is 28.3 Å². The maximum absolute atomic E-state index is 12.0. The van der Waals surface area contributed by atoms with E-state index in [4.69, 9.17) is 10.0 Å². The summed E-state index contributed by atoms with van der Waals surface area (Å²) in [5.74, 6) is -0.298. The third-order valence-electron chi connectivity index (χ3n) is 1.70. The fourth-order valence-electron chi connectivity index (χ4n) is 1.12. The first kappa shape index (κ1) is 11.7. The molecule has 0 bridgehead atoms. The molecule has 0 aliphatic heterocycles. The zero-order valence-electron chi connectivity index (χ0n) is 7.69. The first-order chi connectivity index (χ1) is 7.20. The van der Waals surface area contributed by atoms with Crippen LogP contribution in [0.25, 0.3) is 0 Å². The van der Waals surface area contributed by atoms with Gasteiger partial charge < -0.3 is 19.5 Å². The molecule has 1 rings (SSSR count). The lowest BCUT2D eigenvalue weighted by atomic mass is 9.79. The van der Waals surface area contributed by atoms with Gasteiger partial charge in [0, 0.05) is 5.46 Å². The van der Waals surface area contributed by atoms with E-state index in [1.54, 1.807) is 0 Å². The lowest BCUT2D eigenvalue weighted by Crippen LogP contribution is -2.31. The van der Waals surface area contributed by atoms with Crippen LogP contribution in [0.3, 0.4) is 0 Å². The number of hydrogen-bond donors (Lipinski definition) is 2. The maximum atomic E-state index is 12.0. The zero-order valence-corrected chi connectivity index (χ0v) is 7.69. The second-order valence-electron chi connectivity index (χ2n) is 2.56. The Morgan fingerprint density at radius 1 is 1.13 bits per heavy atom. The lowest BCUT2D eigenvalue weighted by molar-refractivity contribution is 0.158. The minimum Gasteiger partial charge on any atom is -0.459 e. The highest BCUT2D eigenvalue weighted by Gasteiger charge is 2.20. The van der Waals surface area contributed by atoms with E-state index in [-0.39, 0.29) is 17.0 Å². The standard InChI is InChI=1S/C8H9BF2O4/c10-4-14-7-3-1-2-6(9(12)13)8(7)15-5-11/h1-3,12-13H,4-5H2. The molecule has 15 heavy (non-hydrogen) atoms. The topological polar surface area (TPSA) is 58.9 Å². The molecule has 0 amide bonds. The number of benzene rings is 1. The minimum atomic E-state index is -1.84. The van der Waals surface area contributed by atoms with Gasteiger partial charge in [-0.3, -0.25) is 0 Å². The van der Waals surface area contributed by atoms with Crippen LogP contribution in [0.15, 0.2) is 18.2 Å². The quantitative estimate of drug-likeness (QED) is 0.681. The van der Waals surface area contributed by atoms with Crippen LogP contribution in [0, 0.1) is 0 Å². The van der Waals surface area contributed by atoms with Gasteiger partial charge >= 0.3 is 7.12 Å². The normalized spacial score (nSPS) is 9.87. The summed E-state index contributed by atoms with van der Waals surface area (Å²) in [7, 11) is -1.84. The first-order valence-corrected chi connectivity index (χ1v) is 4.07. The summed E-state index contributed by atoms with van der Waals surface area (Å²) in [4.78, 5) is 0. The average molecular weight is 218 g/mol. The zero-order chi connectivity index (χ0) is 11.3. The van der Waals surface area contributed by atoms with E-state index in [0.717, 1.165) is 0 Å². The molecule has 0 aromatic heterocycles. The van der Waals surface area contributed by atoms with Crippen molar-refractivity contribution in [1.29, 1.82) is 0 Å². The Morgan fingerprint density at radius 3 is 2.33 bits per heavy atom. The molecule has 0 saturated carbocycles. The van der Waals surface area contributed by atoms with E-state index >= 15 is 0 Å². The van der Waals surface area contributed by atoms with Crippen LogP contribution in [0.4, 0.5) is 8.78 Å². The molecule has 7 heteroatoms. The molecule has 0 atom stereocenters. The van der Waals surface area contributed by atoms with E-state index in [1.165, 1.54) is 18.2 Å². The fourth-order valence-corrected chi connectivity index (χ4v) is 1.12. The highest BCUT2D eigenvalue weighted by Crippen LogP contribution is 2.25. The molecule has 4 nitrogen and oxygen atoms in total. The number of rotatable bonds is 5. The van der Waals surface area contributed by atoms with Gasteiger partial charge in [-0.25, -0.2) is 8.78 Å². The summed E-state index contributed by atoms with van der Waals surface area (Å²) in [6.07, 6.45) is 0.